The van der Waals surface area contributed by atoms with Crippen LogP contribution in [-0.2, 0) is 20.7 Å². The van der Waals surface area contributed by atoms with Gasteiger partial charge in [-0.05, 0) is 30.4 Å². The monoisotopic (exact) mass is 289 g/mol. The Bertz CT molecular complexity index is 557. The SMILES string of the molecule is O=C(NC1CCCC1C(=O)O)C1OCCc2ccccc21. The largest absolute Gasteiger partial charge is 0.481 e. The number of carbonyl (C=O) groups excluding carboxylic acids is 1. The Morgan fingerprint density at radius 2 is 2.05 bits per heavy atom. The van der Waals surface area contributed by atoms with Crippen LogP contribution in [0.1, 0.15) is 36.5 Å². The second-order valence-corrected chi connectivity index (χ2v) is 5.69. The lowest BCUT2D eigenvalue weighted by atomic mass is 9.96. The van der Waals surface area contributed by atoms with Crippen molar-refractivity contribution in [1.82, 2.24) is 5.32 Å². The molecular weight excluding hydrogens is 270 g/mol. The second kappa shape index (κ2) is 5.85. The fraction of sp³-hybridized carbons (Fsp3) is 0.500. The molecule has 1 amide bonds. The van der Waals surface area contributed by atoms with Gasteiger partial charge in [0.2, 0.25) is 0 Å². The van der Waals surface area contributed by atoms with Crippen molar-refractivity contribution in [2.24, 2.45) is 5.92 Å². The number of aliphatic carboxylic acids is 1. The number of carboxylic acids is 1. The zero-order valence-electron chi connectivity index (χ0n) is 11.7. The van der Waals surface area contributed by atoms with Crippen molar-refractivity contribution in [3.05, 3.63) is 35.4 Å². The average molecular weight is 289 g/mol. The minimum absolute atomic E-state index is 0.222. The molecule has 2 N–H and O–H groups in total. The van der Waals surface area contributed by atoms with Crippen LogP contribution in [0.25, 0.3) is 0 Å². The van der Waals surface area contributed by atoms with E-state index < -0.39 is 18.0 Å². The average Bonchev–Trinajstić information content (AvgIpc) is 2.95. The van der Waals surface area contributed by atoms with Gasteiger partial charge in [0.1, 0.15) is 0 Å². The zero-order valence-corrected chi connectivity index (χ0v) is 11.7. The molecule has 0 saturated heterocycles. The van der Waals surface area contributed by atoms with Crippen LogP contribution in [0.3, 0.4) is 0 Å². The van der Waals surface area contributed by atoms with Crippen LogP contribution in [0, 0.1) is 5.92 Å². The predicted molar refractivity (Wildman–Crippen MR) is 75.7 cm³/mol. The van der Waals surface area contributed by atoms with E-state index in [4.69, 9.17) is 4.74 Å². The molecule has 112 valence electrons. The van der Waals surface area contributed by atoms with Gasteiger partial charge in [-0.3, -0.25) is 9.59 Å². The highest BCUT2D eigenvalue weighted by atomic mass is 16.5. The van der Waals surface area contributed by atoms with E-state index in [1.807, 2.05) is 24.3 Å². The summed E-state index contributed by atoms with van der Waals surface area (Å²) < 4.78 is 5.61. The molecule has 0 aromatic heterocycles. The number of ether oxygens (including phenoxy) is 1. The van der Waals surface area contributed by atoms with Crippen LogP contribution in [0.4, 0.5) is 0 Å². The van der Waals surface area contributed by atoms with Gasteiger partial charge in [0.15, 0.2) is 6.10 Å². The second-order valence-electron chi connectivity index (χ2n) is 5.69. The number of carboxylic acid groups (broad SMARTS) is 1. The van der Waals surface area contributed by atoms with Crippen LogP contribution in [-0.4, -0.2) is 29.6 Å². The number of benzene rings is 1. The molecule has 0 radical (unpaired) electrons. The molecule has 1 heterocycles. The van der Waals surface area contributed by atoms with E-state index in [1.54, 1.807) is 0 Å². The topological polar surface area (TPSA) is 75.6 Å². The maximum absolute atomic E-state index is 12.5. The Morgan fingerprint density at radius 1 is 1.24 bits per heavy atom. The first-order chi connectivity index (χ1) is 10.2. The summed E-state index contributed by atoms with van der Waals surface area (Å²) in [6.45, 7) is 0.516. The van der Waals surface area contributed by atoms with E-state index in [-0.39, 0.29) is 11.9 Å². The summed E-state index contributed by atoms with van der Waals surface area (Å²) >= 11 is 0. The van der Waals surface area contributed by atoms with Crippen molar-refractivity contribution in [3.8, 4) is 0 Å². The number of hydrogen-bond acceptors (Lipinski definition) is 3. The number of nitrogens with one attached hydrogen (secondary N) is 1. The summed E-state index contributed by atoms with van der Waals surface area (Å²) in [7, 11) is 0. The van der Waals surface area contributed by atoms with Gasteiger partial charge in [0.25, 0.3) is 5.91 Å². The molecule has 5 heteroatoms. The highest BCUT2D eigenvalue weighted by molar-refractivity contribution is 5.84. The highest BCUT2D eigenvalue weighted by Crippen LogP contribution is 2.30. The van der Waals surface area contributed by atoms with Crippen molar-refractivity contribution in [2.75, 3.05) is 6.61 Å². The van der Waals surface area contributed by atoms with E-state index in [0.29, 0.717) is 13.0 Å². The summed E-state index contributed by atoms with van der Waals surface area (Å²) in [5, 5.41) is 12.1. The third kappa shape index (κ3) is 2.78. The van der Waals surface area contributed by atoms with Crippen LogP contribution in [0.15, 0.2) is 24.3 Å². The van der Waals surface area contributed by atoms with Crippen LogP contribution < -0.4 is 5.32 Å². The Labute approximate surface area is 123 Å². The van der Waals surface area contributed by atoms with Crippen molar-refractivity contribution in [3.63, 3.8) is 0 Å². The predicted octanol–water partition coefficient (Wildman–Crippen LogP) is 1.67. The van der Waals surface area contributed by atoms with Gasteiger partial charge >= 0.3 is 5.97 Å². The summed E-state index contributed by atoms with van der Waals surface area (Å²) in [5.41, 5.74) is 2.02. The highest BCUT2D eigenvalue weighted by Gasteiger charge is 2.36. The van der Waals surface area contributed by atoms with Gasteiger partial charge < -0.3 is 15.2 Å². The minimum atomic E-state index is -0.831. The Morgan fingerprint density at radius 3 is 2.86 bits per heavy atom. The summed E-state index contributed by atoms with van der Waals surface area (Å²) in [6.07, 6.45) is 2.37. The van der Waals surface area contributed by atoms with Crippen molar-refractivity contribution in [1.29, 1.82) is 0 Å². The number of fused-ring (bicyclic) bond motifs is 1. The number of carbonyl (C=O) groups is 2. The maximum atomic E-state index is 12.5. The number of hydrogen-bond donors (Lipinski definition) is 2. The van der Waals surface area contributed by atoms with Gasteiger partial charge in [0, 0.05) is 6.04 Å². The minimum Gasteiger partial charge on any atom is -0.481 e. The van der Waals surface area contributed by atoms with Gasteiger partial charge in [-0.2, -0.15) is 0 Å². The molecule has 1 fully saturated rings. The van der Waals surface area contributed by atoms with E-state index >= 15 is 0 Å². The van der Waals surface area contributed by atoms with Crippen LogP contribution >= 0.6 is 0 Å². The van der Waals surface area contributed by atoms with Crippen LogP contribution in [0.2, 0.25) is 0 Å². The molecule has 5 nitrogen and oxygen atoms in total. The molecule has 2 aliphatic rings. The first-order valence-corrected chi connectivity index (χ1v) is 7.39. The molecular formula is C16H19NO4. The molecule has 1 aliphatic carbocycles. The first kappa shape index (κ1) is 14.1. The Kier molecular flexibility index (Phi) is 3.92. The van der Waals surface area contributed by atoms with Gasteiger partial charge in [-0.25, -0.2) is 0 Å². The molecule has 1 saturated carbocycles. The Hall–Kier alpha value is -1.88. The van der Waals surface area contributed by atoms with E-state index in [1.165, 1.54) is 0 Å². The first-order valence-electron chi connectivity index (χ1n) is 7.39. The molecule has 1 aliphatic heterocycles. The lowest BCUT2D eigenvalue weighted by Crippen LogP contribution is -2.43. The zero-order chi connectivity index (χ0) is 14.8. The molecule has 1 aromatic rings. The standard InChI is InChI=1S/C16H19NO4/c18-15(17-13-7-3-6-12(13)16(19)20)14-11-5-2-1-4-10(11)8-9-21-14/h1-2,4-5,12-14H,3,6-9H2,(H,17,18)(H,19,20). The maximum Gasteiger partial charge on any atom is 0.308 e. The molecule has 0 spiro atoms. The molecule has 0 bridgehead atoms. The molecule has 3 rings (SSSR count). The molecule has 3 atom stereocenters. The summed E-state index contributed by atoms with van der Waals surface area (Å²) in [4.78, 5) is 23.6. The van der Waals surface area contributed by atoms with Gasteiger partial charge in [-0.1, -0.05) is 30.7 Å². The fourth-order valence-corrected chi connectivity index (χ4v) is 3.30. The third-order valence-corrected chi connectivity index (χ3v) is 4.39. The lowest BCUT2D eigenvalue weighted by Gasteiger charge is -2.27. The Balaban J connectivity index is 1.73. The van der Waals surface area contributed by atoms with E-state index in [2.05, 4.69) is 5.32 Å². The van der Waals surface area contributed by atoms with Gasteiger partial charge in [0.05, 0.1) is 12.5 Å². The van der Waals surface area contributed by atoms with E-state index in [0.717, 1.165) is 30.4 Å². The van der Waals surface area contributed by atoms with Gasteiger partial charge in [-0.15, -0.1) is 0 Å². The summed E-state index contributed by atoms with van der Waals surface area (Å²) in [6, 6.07) is 7.48. The smallest absolute Gasteiger partial charge is 0.308 e. The van der Waals surface area contributed by atoms with Crippen molar-refractivity contribution in [2.45, 2.75) is 37.8 Å². The molecule has 21 heavy (non-hydrogen) atoms. The van der Waals surface area contributed by atoms with E-state index in [9.17, 15) is 14.7 Å². The molecule has 1 aromatic carbocycles. The van der Waals surface area contributed by atoms with Crippen molar-refractivity contribution < 1.29 is 19.4 Å². The van der Waals surface area contributed by atoms with Crippen molar-refractivity contribution >= 4 is 11.9 Å². The lowest BCUT2D eigenvalue weighted by molar-refractivity contribution is -0.143. The summed E-state index contributed by atoms with van der Waals surface area (Å²) in [5.74, 6) is -1.53. The molecule has 3 unspecified atom stereocenters. The number of rotatable bonds is 3. The fourth-order valence-electron chi connectivity index (χ4n) is 3.30. The third-order valence-electron chi connectivity index (χ3n) is 4.39. The quantitative estimate of drug-likeness (QED) is 0.887. The normalized spacial score (nSPS) is 27.9. The van der Waals surface area contributed by atoms with Crippen LogP contribution in [0.5, 0.6) is 0 Å². The number of amides is 1.